The van der Waals surface area contributed by atoms with Gasteiger partial charge in [-0.15, -0.1) is 0 Å². The maximum atomic E-state index is 13.2. The van der Waals surface area contributed by atoms with Gasteiger partial charge in [0.25, 0.3) is 5.56 Å². The van der Waals surface area contributed by atoms with Crippen molar-refractivity contribution >= 4 is 38.5 Å². The van der Waals surface area contributed by atoms with Gasteiger partial charge in [-0.3, -0.25) is 23.3 Å². The quantitative estimate of drug-likeness (QED) is 0.593. The number of amides is 1. The maximum absolute atomic E-state index is 13.2. The molecule has 0 bridgehead atoms. The van der Waals surface area contributed by atoms with Crippen LogP contribution in [0.5, 0.6) is 0 Å². The van der Waals surface area contributed by atoms with Gasteiger partial charge < -0.3 is 4.90 Å². The molecule has 0 N–H and O–H groups in total. The molecule has 160 valence electrons. The molecule has 0 spiro atoms. The molecule has 0 aliphatic carbocycles. The minimum Gasteiger partial charge on any atom is -0.334 e. The fourth-order valence-corrected chi connectivity index (χ4v) is 5.72. The van der Waals surface area contributed by atoms with Crippen molar-refractivity contribution in [3.8, 4) is 0 Å². The fraction of sp³-hybridized carbons (Fsp3) is 0.647. The molecule has 1 aliphatic heterocycles. The monoisotopic (exact) mass is 445 g/mol. The molecule has 0 saturated carbocycles. The molecule has 0 radical (unpaired) electrons. The van der Waals surface area contributed by atoms with Crippen molar-refractivity contribution in [2.45, 2.75) is 45.3 Å². The van der Waals surface area contributed by atoms with Crippen molar-refractivity contribution in [1.29, 1.82) is 0 Å². The second-order valence-corrected chi connectivity index (χ2v) is 10.0. The Morgan fingerprint density at radius 3 is 2.52 bits per heavy atom. The number of halogens is 1. The van der Waals surface area contributed by atoms with Crippen molar-refractivity contribution in [2.75, 3.05) is 11.5 Å². The summed E-state index contributed by atoms with van der Waals surface area (Å²) in [6.45, 7) is 3.50. The van der Waals surface area contributed by atoms with Crippen molar-refractivity contribution in [1.82, 2.24) is 23.6 Å². The number of aromatic nitrogens is 4. The van der Waals surface area contributed by atoms with E-state index < -0.39 is 27.1 Å². The molecule has 12 heteroatoms. The normalized spacial score (nSPS) is 19.6. The van der Waals surface area contributed by atoms with E-state index >= 15 is 0 Å². The largest absolute Gasteiger partial charge is 0.334 e. The Morgan fingerprint density at radius 2 is 1.97 bits per heavy atom. The van der Waals surface area contributed by atoms with Crippen LogP contribution in [0.1, 0.15) is 26.7 Å². The van der Waals surface area contributed by atoms with Crippen LogP contribution in [-0.2, 0) is 35.3 Å². The van der Waals surface area contributed by atoms with Crippen LogP contribution in [0.25, 0.3) is 11.2 Å². The number of aryl methyl sites for hydroxylation is 1. The molecule has 2 atom stereocenters. The van der Waals surface area contributed by atoms with Gasteiger partial charge in [0.15, 0.2) is 21.0 Å². The Hall–Kier alpha value is -2.14. The van der Waals surface area contributed by atoms with Gasteiger partial charge in [0.2, 0.25) is 11.2 Å². The topological polar surface area (TPSA) is 116 Å². The van der Waals surface area contributed by atoms with Gasteiger partial charge in [-0.1, -0.05) is 6.92 Å². The highest BCUT2D eigenvalue weighted by Gasteiger charge is 2.37. The Labute approximate surface area is 172 Å². The van der Waals surface area contributed by atoms with Gasteiger partial charge in [-0.05, 0) is 31.4 Å². The lowest BCUT2D eigenvalue weighted by Gasteiger charge is -2.34. The van der Waals surface area contributed by atoms with E-state index in [1.54, 1.807) is 4.90 Å². The first-order chi connectivity index (χ1) is 13.5. The number of carbonyl (C=O) groups is 1. The molecule has 1 aliphatic rings. The summed E-state index contributed by atoms with van der Waals surface area (Å²) in [5.41, 5.74) is -1.01. The predicted molar refractivity (Wildman–Crippen MR) is 109 cm³/mol. The lowest BCUT2D eigenvalue weighted by Crippen LogP contribution is -2.48. The number of sulfone groups is 1. The van der Waals surface area contributed by atoms with Crippen LogP contribution < -0.4 is 11.2 Å². The first-order valence-electron chi connectivity index (χ1n) is 9.31. The van der Waals surface area contributed by atoms with Crippen molar-refractivity contribution in [3.05, 3.63) is 26.1 Å². The predicted octanol–water partition coefficient (Wildman–Crippen LogP) is -0.0987. The summed E-state index contributed by atoms with van der Waals surface area (Å²) < 4.78 is 27.3. The highest BCUT2D eigenvalue weighted by Crippen LogP contribution is 2.23. The number of imidazole rings is 1. The van der Waals surface area contributed by atoms with Crippen molar-refractivity contribution < 1.29 is 13.2 Å². The Morgan fingerprint density at radius 1 is 1.31 bits per heavy atom. The van der Waals surface area contributed by atoms with Crippen molar-refractivity contribution in [2.24, 2.45) is 14.1 Å². The Balaban J connectivity index is 2.05. The second kappa shape index (κ2) is 7.60. The van der Waals surface area contributed by atoms with Crippen LogP contribution in [0.4, 0.5) is 0 Å². The van der Waals surface area contributed by atoms with Crippen LogP contribution in [0.15, 0.2) is 9.59 Å². The number of rotatable bonds is 5. The number of hydrogen-bond donors (Lipinski definition) is 0. The summed E-state index contributed by atoms with van der Waals surface area (Å²) >= 11 is 6.21. The number of hydrogen-bond acceptors (Lipinski definition) is 6. The molecule has 1 saturated heterocycles. The van der Waals surface area contributed by atoms with E-state index in [-0.39, 0.29) is 46.4 Å². The van der Waals surface area contributed by atoms with E-state index in [1.807, 2.05) is 13.8 Å². The molecule has 1 fully saturated rings. The summed E-state index contributed by atoms with van der Waals surface area (Å²) in [6, 6.07) is -0.593. The first kappa shape index (κ1) is 21.6. The lowest BCUT2D eigenvalue weighted by atomic mass is 10.1. The molecule has 3 rings (SSSR count). The standard InChI is InChI=1S/C17H24ClN5O5S/c1-5-10(2)23(11-6-7-29(27,28)9-11)12(24)8-22-13-14(19-16(22)18)20(3)17(26)21(4)15(13)25/h10-11H,5-9H2,1-4H3/t10-,11-/m1/s1. The van der Waals surface area contributed by atoms with E-state index in [9.17, 15) is 22.8 Å². The van der Waals surface area contributed by atoms with Crippen LogP contribution in [0, 0.1) is 0 Å². The van der Waals surface area contributed by atoms with E-state index in [1.165, 1.54) is 23.2 Å². The Bertz CT molecular complexity index is 1200. The van der Waals surface area contributed by atoms with Gasteiger partial charge >= 0.3 is 5.69 Å². The van der Waals surface area contributed by atoms with Crippen LogP contribution in [-0.4, -0.2) is 61.5 Å². The summed E-state index contributed by atoms with van der Waals surface area (Å²) in [6.07, 6.45) is 1.03. The highest BCUT2D eigenvalue weighted by atomic mass is 35.5. The van der Waals surface area contributed by atoms with E-state index in [0.717, 1.165) is 4.57 Å². The summed E-state index contributed by atoms with van der Waals surface area (Å²) in [5.74, 6) is -0.369. The molecule has 0 aromatic carbocycles. The zero-order valence-electron chi connectivity index (χ0n) is 16.8. The second-order valence-electron chi connectivity index (χ2n) is 7.46. The smallest absolute Gasteiger partial charge is 0.332 e. The molecular formula is C17H24ClN5O5S. The third-order valence-electron chi connectivity index (χ3n) is 5.55. The zero-order chi connectivity index (χ0) is 21.7. The lowest BCUT2D eigenvalue weighted by molar-refractivity contribution is -0.136. The number of carbonyl (C=O) groups excluding carboxylic acids is 1. The van der Waals surface area contributed by atoms with Gasteiger partial charge in [0, 0.05) is 26.2 Å². The fourth-order valence-electron chi connectivity index (χ4n) is 3.78. The van der Waals surface area contributed by atoms with Gasteiger partial charge in [0.1, 0.15) is 6.54 Å². The van der Waals surface area contributed by atoms with E-state index in [4.69, 9.17) is 11.6 Å². The van der Waals surface area contributed by atoms with E-state index in [2.05, 4.69) is 4.98 Å². The molecule has 2 aromatic heterocycles. The van der Waals surface area contributed by atoms with Gasteiger partial charge in [-0.2, -0.15) is 4.98 Å². The third kappa shape index (κ3) is 3.73. The number of fused-ring (bicyclic) bond motifs is 1. The van der Waals surface area contributed by atoms with Crippen molar-refractivity contribution in [3.63, 3.8) is 0 Å². The molecular weight excluding hydrogens is 422 g/mol. The molecule has 0 unspecified atom stereocenters. The average molecular weight is 446 g/mol. The Kier molecular flexibility index (Phi) is 5.65. The molecule has 3 heterocycles. The van der Waals surface area contributed by atoms with E-state index in [0.29, 0.717) is 12.8 Å². The van der Waals surface area contributed by atoms with Crippen LogP contribution in [0.3, 0.4) is 0 Å². The minimum atomic E-state index is -3.17. The van der Waals surface area contributed by atoms with Gasteiger partial charge in [0.05, 0.1) is 11.5 Å². The minimum absolute atomic E-state index is 0.0509. The highest BCUT2D eigenvalue weighted by molar-refractivity contribution is 7.91. The third-order valence-corrected chi connectivity index (χ3v) is 7.59. The first-order valence-corrected chi connectivity index (χ1v) is 11.5. The SMILES string of the molecule is CC[C@@H](C)N(C(=O)Cn1c(Cl)nc2c1c(=O)n(C)c(=O)n2C)[C@@H]1CCS(=O)(=O)C1. The van der Waals surface area contributed by atoms with Gasteiger partial charge in [-0.25, -0.2) is 13.2 Å². The molecule has 29 heavy (non-hydrogen) atoms. The molecule has 2 aromatic rings. The summed E-state index contributed by atoms with van der Waals surface area (Å²) in [5, 5.41) is -0.0882. The molecule has 10 nitrogen and oxygen atoms in total. The summed E-state index contributed by atoms with van der Waals surface area (Å²) in [7, 11) is -0.368. The molecule has 1 amide bonds. The summed E-state index contributed by atoms with van der Waals surface area (Å²) in [4.78, 5) is 43.6. The maximum Gasteiger partial charge on any atom is 0.332 e. The average Bonchev–Trinajstić information content (AvgIpc) is 3.17. The zero-order valence-corrected chi connectivity index (χ0v) is 18.3. The number of nitrogens with zero attached hydrogens (tertiary/aromatic N) is 5. The van der Waals surface area contributed by atoms with Crippen LogP contribution in [0.2, 0.25) is 5.28 Å². The van der Waals surface area contributed by atoms with Crippen LogP contribution >= 0.6 is 11.6 Å².